The van der Waals surface area contributed by atoms with Gasteiger partial charge in [-0.3, -0.25) is 0 Å². The van der Waals surface area contributed by atoms with Crippen LogP contribution in [0.5, 0.6) is 0 Å². The second kappa shape index (κ2) is 4.84. The van der Waals surface area contributed by atoms with Gasteiger partial charge in [0.05, 0.1) is 11.0 Å². The molecule has 3 nitrogen and oxygen atoms in total. The number of rotatable bonds is 4. The van der Waals surface area contributed by atoms with Crippen LogP contribution in [-0.2, 0) is 13.0 Å². The number of fused-ring (bicyclic) bond motifs is 1. The molecule has 0 amide bonds. The van der Waals surface area contributed by atoms with E-state index in [-0.39, 0.29) is 5.82 Å². The van der Waals surface area contributed by atoms with Gasteiger partial charge in [-0.1, -0.05) is 6.92 Å². The summed E-state index contributed by atoms with van der Waals surface area (Å²) < 4.78 is 15.3. The van der Waals surface area contributed by atoms with Gasteiger partial charge in [0.15, 0.2) is 0 Å². The first kappa shape index (κ1) is 12.0. The van der Waals surface area contributed by atoms with Crippen molar-refractivity contribution in [1.29, 1.82) is 0 Å². The number of benzene rings is 1. The Labute approximate surface area is 100 Å². The van der Waals surface area contributed by atoms with E-state index in [2.05, 4.69) is 16.5 Å². The van der Waals surface area contributed by atoms with Crippen LogP contribution in [0.25, 0.3) is 11.0 Å². The van der Waals surface area contributed by atoms with Crippen LogP contribution in [0, 0.1) is 11.7 Å². The Morgan fingerprint density at radius 2 is 2.24 bits per heavy atom. The van der Waals surface area contributed by atoms with Crippen molar-refractivity contribution in [2.75, 3.05) is 6.54 Å². The first-order valence-electron chi connectivity index (χ1n) is 6.00. The number of hydrogen-bond acceptors (Lipinski definition) is 2. The van der Waals surface area contributed by atoms with Gasteiger partial charge in [-0.05, 0) is 37.6 Å². The zero-order valence-corrected chi connectivity index (χ0v) is 10.3. The quantitative estimate of drug-likeness (QED) is 0.884. The minimum Gasteiger partial charge on any atom is -0.330 e. The molecule has 17 heavy (non-hydrogen) atoms. The summed E-state index contributed by atoms with van der Waals surface area (Å²) in [5.41, 5.74) is 7.35. The van der Waals surface area contributed by atoms with Crippen molar-refractivity contribution in [1.82, 2.24) is 9.55 Å². The van der Waals surface area contributed by atoms with E-state index in [0.29, 0.717) is 12.5 Å². The van der Waals surface area contributed by atoms with Gasteiger partial charge in [-0.2, -0.15) is 0 Å². The third-order valence-corrected chi connectivity index (χ3v) is 3.04. The summed E-state index contributed by atoms with van der Waals surface area (Å²) in [5, 5.41) is 0. The van der Waals surface area contributed by atoms with Gasteiger partial charge in [0, 0.05) is 13.0 Å². The van der Waals surface area contributed by atoms with E-state index in [4.69, 9.17) is 5.73 Å². The molecule has 0 radical (unpaired) electrons. The van der Waals surface area contributed by atoms with E-state index in [1.54, 1.807) is 12.1 Å². The SMILES string of the molecule is CCn1c(CC(C)CN)nc2ccc(F)cc21. The molecule has 2 N–H and O–H groups in total. The van der Waals surface area contributed by atoms with Crippen LogP contribution in [0.15, 0.2) is 18.2 Å². The van der Waals surface area contributed by atoms with Crippen LogP contribution in [0.3, 0.4) is 0 Å². The predicted octanol–water partition coefficient (Wildman–Crippen LogP) is 2.33. The fourth-order valence-electron chi connectivity index (χ4n) is 2.05. The van der Waals surface area contributed by atoms with E-state index in [1.165, 1.54) is 6.07 Å². The predicted molar refractivity (Wildman–Crippen MR) is 67.3 cm³/mol. The first-order chi connectivity index (χ1) is 8.15. The lowest BCUT2D eigenvalue weighted by atomic mass is 10.1. The molecule has 1 heterocycles. The molecule has 0 aliphatic heterocycles. The molecule has 0 bridgehead atoms. The van der Waals surface area contributed by atoms with Crippen LogP contribution in [0.4, 0.5) is 4.39 Å². The number of nitrogens with two attached hydrogens (primary N) is 1. The highest BCUT2D eigenvalue weighted by Gasteiger charge is 2.12. The summed E-state index contributed by atoms with van der Waals surface area (Å²) in [6, 6.07) is 4.72. The standard InChI is InChI=1S/C13H18FN3/c1-3-17-12-7-10(14)4-5-11(12)16-13(17)6-9(2)8-15/h4-5,7,9H,3,6,8,15H2,1-2H3. The number of imidazole rings is 1. The van der Waals surface area contributed by atoms with Crippen molar-refractivity contribution in [2.45, 2.75) is 26.8 Å². The Hall–Kier alpha value is -1.42. The molecule has 0 saturated heterocycles. The molecular weight excluding hydrogens is 217 g/mol. The van der Waals surface area contributed by atoms with Crippen LogP contribution >= 0.6 is 0 Å². The molecule has 92 valence electrons. The zero-order valence-electron chi connectivity index (χ0n) is 10.3. The van der Waals surface area contributed by atoms with Gasteiger partial charge in [-0.15, -0.1) is 0 Å². The maximum Gasteiger partial charge on any atom is 0.125 e. The Balaban J connectivity index is 2.48. The average Bonchev–Trinajstić information content (AvgIpc) is 2.65. The third kappa shape index (κ3) is 2.31. The van der Waals surface area contributed by atoms with E-state index < -0.39 is 0 Å². The topological polar surface area (TPSA) is 43.8 Å². The highest BCUT2D eigenvalue weighted by atomic mass is 19.1. The smallest absolute Gasteiger partial charge is 0.125 e. The number of nitrogens with zero attached hydrogens (tertiary/aromatic N) is 2. The van der Waals surface area contributed by atoms with Gasteiger partial charge in [0.1, 0.15) is 11.6 Å². The molecule has 1 atom stereocenters. The molecule has 0 fully saturated rings. The van der Waals surface area contributed by atoms with Gasteiger partial charge in [0.2, 0.25) is 0 Å². The molecule has 1 aromatic carbocycles. The molecule has 0 spiro atoms. The summed E-state index contributed by atoms with van der Waals surface area (Å²) in [5.74, 6) is 1.17. The number of aromatic nitrogens is 2. The van der Waals surface area contributed by atoms with Crippen molar-refractivity contribution < 1.29 is 4.39 Å². The molecule has 2 aromatic rings. The van der Waals surface area contributed by atoms with Crippen molar-refractivity contribution in [3.05, 3.63) is 29.8 Å². The van der Waals surface area contributed by atoms with E-state index >= 15 is 0 Å². The Morgan fingerprint density at radius 1 is 1.47 bits per heavy atom. The number of hydrogen-bond donors (Lipinski definition) is 1. The summed E-state index contributed by atoms with van der Waals surface area (Å²) in [6.07, 6.45) is 0.834. The van der Waals surface area contributed by atoms with E-state index in [9.17, 15) is 4.39 Å². The van der Waals surface area contributed by atoms with Crippen LogP contribution in [0.1, 0.15) is 19.7 Å². The molecule has 0 saturated carbocycles. The lowest BCUT2D eigenvalue weighted by Crippen LogP contribution is -2.15. The second-order valence-electron chi connectivity index (χ2n) is 4.45. The van der Waals surface area contributed by atoms with E-state index in [0.717, 1.165) is 29.8 Å². The molecule has 4 heteroatoms. The lowest BCUT2D eigenvalue weighted by molar-refractivity contribution is 0.553. The summed E-state index contributed by atoms with van der Waals surface area (Å²) in [6.45, 7) is 5.58. The largest absolute Gasteiger partial charge is 0.330 e. The van der Waals surface area contributed by atoms with Crippen molar-refractivity contribution in [2.24, 2.45) is 11.7 Å². The Bertz CT molecular complexity index is 519. The number of aryl methyl sites for hydroxylation is 1. The van der Waals surface area contributed by atoms with Crippen LogP contribution < -0.4 is 5.73 Å². The maximum absolute atomic E-state index is 13.2. The third-order valence-electron chi connectivity index (χ3n) is 3.04. The van der Waals surface area contributed by atoms with Gasteiger partial charge in [-0.25, -0.2) is 9.37 Å². The minimum atomic E-state index is -0.217. The number of halogens is 1. The van der Waals surface area contributed by atoms with Crippen molar-refractivity contribution in [3.63, 3.8) is 0 Å². The highest BCUT2D eigenvalue weighted by Crippen LogP contribution is 2.19. The molecular formula is C13H18FN3. The second-order valence-corrected chi connectivity index (χ2v) is 4.45. The first-order valence-corrected chi connectivity index (χ1v) is 6.00. The fourth-order valence-corrected chi connectivity index (χ4v) is 2.05. The van der Waals surface area contributed by atoms with Crippen molar-refractivity contribution >= 4 is 11.0 Å². The summed E-state index contributed by atoms with van der Waals surface area (Å²) >= 11 is 0. The van der Waals surface area contributed by atoms with Gasteiger partial charge in [0.25, 0.3) is 0 Å². The molecule has 0 aliphatic carbocycles. The van der Waals surface area contributed by atoms with Gasteiger partial charge < -0.3 is 10.3 Å². The zero-order chi connectivity index (χ0) is 12.4. The Morgan fingerprint density at radius 3 is 2.88 bits per heavy atom. The van der Waals surface area contributed by atoms with Crippen LogP contribution in [-0.4, -0.2) is 16.1 Å². The van der Waals surface area contributed by atoms with E-state index in [1.807, 2.05) is 6.92 Å². The lowest BCUT2D eigenvalue weighted by Gasteiger charge is -2.09. The Kier molecular flexibility index (Phi) is 3.43. The molecule has 2 rings (SSSR count). The normalized spacial score (nSPS) is 13.2. The fraction of sp³-hybridized carbons (Fsp3) is 0.462. The molecule has 1 aromatic heterocycles. The van der Waals surface area contributed by atoms with Crippen molar-refractivity contribution in [3.8, 4) is 0 Å². The van der Waals surface area contributed by atoms with Crippen LogP contribution in [0.2, 0.25) is 0 Å². The monoisotopic (exact) mass is 235 g/mol. The minimum absolute atomic E-state index is 0.217. The molecule has 1 unspecified atom stereocenters. The summed E-state index contributed by atoms with van der Waals surface area (Å²) in [4.78, 5) is 4.55. The molecule has 0 aliphatic rings. The maximum atomic E-state index is 13.2. The highest BCUT2D eigenvalue weighted by molar-refractivity contribution is 5.76. The van der Waals surface area contributed by atoms with Gasteiger partial charge >= 0.3 is 0 Å². The summed E-state index contributed by atoms with van der Waals surface area (Å²) in [7, 11) is 0. The average molecular weight is 235 g/mol.